The van der Waals surface area contributed by atoms with E-state index in [-0.39, 0.29) is 13.2 Å². The number of nitrogens with zero attached hydrogens (tertiary/aromatic N) is 1. The van der Waals surface area contributed by atoms with E-state index in [1.165, 1.54) is 0 Å². The second kappa shape index (κ2) is 12.4. The van der Waals surface area contributed by atoms with E-state index in [2.05, 4.69) is 15.6 Å². The monoisotopic (exact) mass is 339 g/mol. The Labute approximate surface area is 144 Å². The minimum Gasteiger partial charge on any atom is -0.493 e. The standard InChI is InChI=1S/C17H29N3O4/c1-4-18-17(19-8-5-10-22-2)20-13-14-6-7-15(24-11-9-21)16(12-14)23-3/h6-7,12,21H,4-5,8-11,13H2,1-3H3,(H2,18,19,20). The Morgan fingerprint density at radius 2 is 2.00 bits per heavy atom. The first-order chi connectivity index (χ1) is 11.7. The molecule has 0 radical (unpaired) electrons. The van der Waals surface area contributed by atoms with Gasteiger partial charge in [-0.05, 0) is 31.0 Å². The Balaban J connectivity index is 2.66. The molecule has 24 heavy (non-hydrogen) atoms. The molecule has 0 unspecified atom stereocenters. The maximum Gasteiger partial charge on any atom is 0.191 e. The van der Waals surface area contributed by atoms with Crippen LogP contribution in [0.1, 0.15) is 18.9 Å². The highest BCUT2D eigenvalue weighted by molar-refractivity contribution is 5.79. The number of rotatable bonds is 11. The van der Waals surface area contributed by atoms with Crippen LogP contribution in [0.5, 0.6) is 11.5 Å². The van der Waals surface area contributed by atoms with Gasteiger partial charge in [0.15, 0.2) is 17.5 Å². The van der Waals surface area contributed by atoms with E-state index in [0.717, 1.165) is 37.6 Å². The summed E-state index contributed by atoms with van der Waals surface area (Å²) in [6, 6.07) is 5.66. The predicted octanol–water partition coefficient (Wildman–Crippen LogP) is 1.16. The predicted molar refractivity (Wildman–Crippen MR) is 94.9 cm³/mol. The Morgan fingerprint density at radius 1 is 1.17 bits per heavy atom. The highest BCUT2D eigenvalue weighted by Gasteiger charge is 2.06. The molecule has 0 atom stereocenters. The molecule has 0 aliphatic rings. The lowest BCUT2D eigenvalue weighted by Crippen LogP contribution is -2.38. The second-order valence-corrected chi connectivity index (χ2v) is 5.03. The first-order valence-corrected chi connectivity index (χ1v) is 8.16. The van der Waals surface area contributed by atoms with Gasteiger partial charge in [0, 0.05) is 26.8 Å². The molecule has 0 aliphatic carbocycles. The van der Waals surface area contributed by atoms with Crippen LogP contribution in [-0.4, -0.2) is 58.2 Å². The normalized spacial score (nSPS) is 11.2. The summed E-state index contributed by atoms with van der Waals surface area (Å²) < 4.78 is 15.8. The van der Waals surface area contributed by atoms with Gasteiger partial charge in [0.05, 0.1) is 20.3 Å². The van der Waals surface area contributed by atoms with Crippen LogP contribution in [0.15, 0.2) is 23.2 Å². The SMILES string of the molecule is CCNC(=NCc1ccc(OCCO)c(OC)c1)NCCCOC. The largest absolute Gasteiger partial charge is 0.493 e. The number of nitrogens with one attached hydrogen (secondary N) is 2. The fourth-order valence-electron chi connectivity index (χ4n) is 2.02. The van der Waals surface area contributed by atoms with E-state index >= 15 is 0 Å². The third-order valence-electron chi connectivity index (χ3n) is 3.16. The Morgan fingerprint density at radius 3 is 2.67 bits per heavy atom. The van der Waals surface area contributed by atoms with Crippen molar-refractivity contribution in [2.24, 2.45) is 4.99 Å². The quantitative estimate of drug-likeness (QED) is 0.319. The summed E-state index contributed by atoms with van der Waals surface area (Å²) in [5, 5.41) is 15.3. The number of aliphatic imine (C=N–C) groups is 1. The number of aliphatic hydroxyl groups excluding tert-OH is 1. The Bertz CT molecular complexity index is 495. The van der Waals surface area contributed by atoms with Crippen LogP contribution in [0.4, 0.5) is 0 Å². The molecule has 1 aromatic carbocycles. The van der Waals surface area contributed by atoms with Crippen molar-refractivity contribution in [3.05, 3.63) is 23.8 Å². The summed E-state index contributed by atoms with van der Waals surface area (Å²) in [6.07, 6.45) is 0.922. The van der Waals surface area contributed by atoms with Gasteiger partial charge in [-0.2, -0.15) is 0 Å². The molecule has 3 N–H and O–H groups in total. The van der Waals surface area contributed by atoms with Crippen molar-refractivity contribution in [3.63, 3.8) is 0 Å². The van der Waals surface area contributed by atoms with Crippen molar-refractivity contribution in [2.45, 2.75) is 19.9 Å². The molecule has 0 saturated heterocycles. The number of ether oxygens (including phenoxy) is 3. The van der Waals surface area contributed by atoms with Gasteiger partial charge in [0.2, 0.25) is 0 Å². The summed E-state index contributed by atoms with van der Waals surface area (Å²) in [5.74, 6) is 2.02. The Kier molecular flexibility index (Phi) is 10.4. The van der Waals surface area contributed by atoms with Gasteiger partial charge in [-0.1, -0.05) is 6.07 Å². The fourth-order valence-corrected chi connectivity index (χ4v) is 2.02. The molecule has 0 aromatic heterocycles. The third kappa shape index (κ3) is 7.52. The molecule has 1 rings (SSSR count). The smallest absolute Gasteiger partial charge is 0.191 e. The molecule has 0 fully saturated rings. The van der Waals surface area contributed by atoms with Crippen LogP contribution in [0.3, 0.4) is 0 Å². The summed E-state index contributed by atoms with van der Waals surface area (Å²) in [6.45, 7) is 5.09. The molecule has 0 spiro atoms. The average molecular weight is 339 g/mol. The maximum absolute atomic E-state index is 8.84. The van der Waals surface area contributed by atoms with Crippen molar-refractivity contribution in [1.82, 2.24) is 10.6 Å². The number of hydrogen-bond donors (Lipinski definition) is 3. The summed E-state index contributed by atoms with van der Waals surface area (Å²) in [7, 11) is 3.29. The van der Waals surface area contributed by atoms with E-state index in [0.29, 0.717) is 18.0 Å². The van der Waals surface area contributed by atoms with Crippen LogP contribution in [0, 0.1) is 0 Å². The lowest BCUT2D eigenvalue weighted by molar-refractivity contribution is 0.195. The van der Waals surface area contributed by atoms with E-state index in [1.807, 2.05) is 25.1 Å². The Hall–Kier alpha value is -1.99. The lowest BCUT2D eigenvalue weighted by atomic mass is 10.2. The van der Waals surface area contributed by atoms with Gasteiger partial charge in [0.25, 0.3) is 0 Å². The van der Waals surface area contributed by atoms with Crippen LogP contribution >= 0.6 is 0 Å². The zero-order chi connectivity index (χ0) is 17.6. The molecular weight excluding hydrogens is 310 g/mol. The number of aliphatic hydroxyl groups is 1. The summed E-state index contributed by atoms with van der Waals surface area (Å²) >= 11 is 0. The number of guanidine groups is 1. The van der Waals surface area contributed by atoms with Gasteiger partial charge in [-0.3, -0.25) is 0 Å². The van der Waals surface area contributed by atoms with Crippen molar-refractivity contribution in [3.8, 4) is 11.5 Å². The van der Waals surface area contributed by atoms with E-state index in [1.54, 1.807) is 14.2 Å². The second-order valence-electron chi connectivity index (χ2n) is 5.03. The average Bonchev–Trinajstić information content (AvgIpc) is 2.61. The van der Waals surface area contributed by atoms with E-state index in [4.69, 9.17) is 19.3 Å². The number of benzene rings is 1. The van der Waals surface area contributed by atoms with Gasteiger partial charge >= 0.3 is 0 Å². The summed E-state index contributed by atoms with van der Waals surface area (Å²) in [5.41, 5.74) is 1.01. The molecule has 7 heteroatoms. The maximum atomic E-state index is 8.84. The van der Waals surface area contributed by atoms with Crippen LogP contribution in [0.2, 0.25) is 0 Å². The molecule has 0 bridgehead atoms. The van der Waals surface area contributed by atoms with Gasteiger partial charge in [-0.15, -0.1) is 0 Å². The molecule has 7 nitrogen and oxygen atoms in total. The zero-order valence-corrected chi connectivity index (χ0v) is 14.8. The first-order valence-electron chi connectivity index (χ1n) is 8.16. The number of hydrogen-bond acceptors (Lipinski definition) is 5. The van der Waals surface area contributed by atoms with E-state index < -0.39 is 0 Å². The van der Waals surface area contributed by atoms with Crippen molar-refractivity contribution in [2.75, 3.05) is 47.1 Å². The van der Waals surface area contributed by atoms with Gasteiger partial charge in [-0.25, -0.2) is 4.99 Å². The third-order valence-corrected chi connectivity index (χ3v) is 3.16. The van der Waals surface area contributed by atoms with Crippen LogP contribution in [-0.2, 0) is 11.3 Å². The molecule has 1 aromatic rings. The van der Waals surface area contributed by atoms with E-state index in [9.17, 15) is 0 Å². The van der Waals surface area contributed by atoms with Gasteiger partial charge in [0.1, 0.15) is 6.61 Å². The molecule has 0 heterocycles. The van der Waals surface area contributed by atoms with Crippen LogP contribution in [0.25, 0.3) is 0 Å². The lowest BCUT2D eigenvalue weighted by Gasteiger charge is -2.12. The highest BCUT2D eigenvalue weighted by Crippen LogP contribution is 2.28. The fraction of sp³-hybridized carbons (Fsp3) is 0.588. The zero-order valence-electron chi connectivity index (χ0n) is 14.8. The molecule has 136 valence electrons. The van der Waals surface area contributed by atoms with Crippen LogP contribution < -0.4 is 20.1 Å². The van der Waals surface area contributed by atoms with Gasteiger partial charge < -0.3 is 30.0 Å². The van der Waals surface area contributed by atoms with Crippen molar-refractivity contribution in [1.29, 1.82) is 0 Å². The summed E-state index contributed by atoms with van der Waals surface area (Å²) in [4.78, 5) is 4.57. The minimum atomic E-state index is -0.0318. The number of methoxy groups -OCH3 is 2. The molecule has 0 aliphatic heterocycles. The minimum absolute atomic E-state index is 0.0318. The van der Waals surface area contributed by atoms with Crippen molar-refractivity contribution < 1.29 is 19.3 Å². The molecular formula is C17H29N3O4. The topological polar surface area (TPSA) is 84.3 Å². The highest BCUT2D eigenvalue weighted by atomic mass is 16.5. The first kappa shape index (κ1) is 20.1. The molecule has 0 saturated carbocycles. The van der Waals surface area contributed by atoms with Crippen molar-refractivity contribution >= 4 is 5.96 Å². The molecule has 0 amide bonds.